The van der Waals surface area contributed by atoms with Crippen molar-refractivity contribution in [2.45, 2.75) is 51.6 Å². The van der Waals surface area contributed by atoms with Gasteiger partial charge in [0.15, 0.2) is 0 Å². The molecule has 3 nitrogen and oxygen atoms in total. The van der Waals surface area contributed by atoms with Crippen LogP contribution in [0.15, 0.2) is 5.38 Å². The molecule has 0 amide bonds. The van der Waals surface area contributed by atoms with Gasteiger partial charge in [-0.25, -0.2) is 4.98 Å². The van der Waals surface area contributed by atoms with E-state index in [1.165, 1.54) is 24.4 Å². The minimum atomic E-state index is 0.352. The molecule has 2 aliphatic rings. The van der Waals surface area contributed by atoms with Crippen molar-refractivity contribution in [3.63, 3.8) is 0 Å². The van der Waals surface area contributed by atoms with Crippen LogP contribution in [0.25, 0.3) is 0 Å². The van der Waals surface area contributed by atoms with E-state index >= 15 is 0 Å². The molecule has 0 radical (unpaired) electrons. The Hall–Kier alpha value is -0.450. The molecule has 1 aliphatic carbocycles. The molecule has 2 atom stereocenters. The standard InChI is InChI=1S/C15H25N3S/c1-11-9-19-14(17-11)6-7-18-10-15(3,13-4-5-13)16-8-12(18)2/h9,12-13,16H,4-8,10H2,1-3H3. The van der Waals surface area contributed by atoms with Gasteiger partial charge in [0.1, 0.15) is 0 Å². The van der Waals surface area contributed by atoms with E-state index in [0.29, 0.717) is 11.6 Å². The molecule has 0 aromatic carbocycles. The van der Waals surface area contributed by atoms with Crippen LogP contribution in [0.5, 0.6) is 0 Å². The summed E-state index contributed by atoms with van der Waals surface area (Å²) in [5, 5.41) is 7.23. The van der Waals surface area contributed by atoms with Crippen molar-refractivity contribution in [1.82, 2.24) is 15.2 Å². The third-order valence-corrected chi connectivity index (χ3v) is 5.74. The number of rotatable bonds is 4. The first-order valence-corrected chi connectivity index (χ1v) is 8.35. The molecule has 0 bridgehead atoms. The molecule has 0 spiro atoms. The van der Waals surface area contributed by atoms with E-state index in [4.69, 9.17) is 0 Å². The summed E-state index contributed by atoms with van der Waals surface area (Å²) in [6, 6.07) is 0.646. The van der Waals surface area contributed by atoms with Gasteiger partial charge in [0.25, 0.3) is 0 Å². The average molecular weight is 279 g/mol. The fourth-order valence-electron chi connectivity index (χ4n) is 3.19. The first kappa shape index (κ1) is 13.5. The summed E-state index contributed by atoms with van der Waals surface area (Å²) < 4.78 is 0. The van der Waals surface area contributed by atoms with Crippen molar-refractivity contribution in [3.8, 4) is 0 Å². The van der Waals surface area contributed by atoms with Crippen LogP contribution in [0, 0.1) is 12.8 Å². The molecule has 106 valence electrons. The molecule has 2 fully saturated rings. The van der Waals surface area contributed by atoms with Gasteiger partial charge in [-0.15, -0.1) is 11.3 Å². The van der Waals surface area contributed by atoms with Crippen LogP contribution in [0.3, 0.4) is 0 Å². The second-order valence-corrected chi connectivity index (χ2v) is 7.47. The van der Waals surface area contributed by atoms with E-state index in [9.17, 15) is 0 Å². The highest BCUT2D eigenvalue weighted by atomic mass is 32.1. The van der Waals surface area contributed by atoms with Crippen molar-refractivity contribution in [1.29, 1.82) is 0 Å². The largest absolute Gasteiger partial charge is 0.308 e. The predicted octanol–water partition coefficient (Wildman–Crippen LogP) is 2.46. The Morgan fingerprint density at radius 1 is 1.53 bits per heavy atom. The highest BCUT2D eigenvalue weighted by Crippen LogP contribution is 2.41. The lowest BCUT2D eigenvalue weighted by Crippen LogP contribution is -2.63. The Bertz CT molecular complexity index is 440. The summed E-state index contributed by atoms with van der Waals surface area (Å²) in [5.74, 6) is 0.907. The summed E-state index contributed by atoms with van der Waals surface area (Å²) >= 11 is 1.80. The lowest BCUT2D eigenvalue weighted by Gasteiger charge is -2.45. The summed E-state index contributed by atoms with van der Waals surface area (Å²) in [7, 11) is 0. The van der Waals surface area contributed by atoms with Crippen LogP contribution in [0.2, 0.25) is 0 Å². The number of hydrogen-bond acceptors (Lipinski definition) is 4. The van der Waals surface area contributed by atoms with Crippen molar-refractivity contribution in [3.05, 3.63) is 16.1 Å². The van der Waals surface area contributed by atoms with E-state index in [-0.39, 0.29) is 0 Å². The van der Waals surface area contributed by atoms with E-state index in [2.05, 4.69) is 41.4 Å². The minimum absolute atomic E-state index is 0.352. The van der Waals surface area contributed by atoms with Crippen molar-refractivity contribution in [2.24, 2.45) is 5.92 Å². The SMILES string of the molecule is Cc1csc(CCN2CC(C)(C3CC3)NCC2C)n1. The van der Waals surface area contributed by atoms with Crippen molar-refractivity contribution >= 4 is 11.3 Å². The van der Waals surface area contributed by atoms with Gasteiger partial charge in [-0.1, -0.05) is 0 Å². The predicted molar refractivity (Wildman–Crippen MR) is 80.7 cm³/mol. The van der Waals surface area contributed by atoms with E-state index in [0.717, 1.165) is 31.1 Å². The number of piperazine rings is 1. The maximum Gasteiger partial charge on any atom is 0.0940 e. The molecule has 1 saturated heterocycles. The molecule has 1 aliphatic heterocycles. The zero-order chi connectivity index (χ0) is 13.5. The van der Waals surface area contributed by atoms with Gasteiger partial charge in [0.2, 0.25) is 0 Å². The van der Waals surface area contributed by atoms with Gasteiger partial charge >= 0.3 is 0 Å². The number of aryl methyl sites for hydroxylation is 1. The number of nitrogens with one attached hydrogen (secondary N) is 1. The molecule has 1 N–H and O–H groups in total. The molecule has 2 unspecified atom stereocenters. The quantitative estimate of drug-likeness (QED) is 0.917. The summed E-state index contributed by atoms with van der Waals surface area (Å²) in [6.07, 6.45) is 3.93. The third kappa shape index (κ3) is 3.01. The van der Waals surface area contributed by atoms with E-state index in [1.807, 2.05) is 0 Å². The number of nitrogens with zero attached hydrogens (tertiary/aromatic N) is 2. The molecule has 1 aromatic rings. The fourth-order valence-corrected chi connectivity index (χ4v) is 3.96. The Balaban J connectivity index is 1.59. The lowest BCUT2D eigenvalue weighted by atomic mass is 9.91. The maximum atomic E-state index is 4.58. The van der Waals surface area contributed by atoms with Gasteiger partial charge in [-0.2, -0.15) is 0 Å². The zero-order valence-corrected chi connectivity index (χ0v) is 13.1. The molecular weight excluding hydrogens is 254 g/mol. The monoisotopic (exact) mass is 279 g/mol. The smallest absolute Gasteiger partial charge is 0.0940 e. The number of hydrogen-bond donors (Lipinski definition) is 1. The Morgan fingerprint density at radius 2 is 2.32 bits per heavy atom. The number of thiazole rings is 1. The first-order valence-electron chi connectivity index (χ1n) is 7.47. The van der Waals surface area contributed by atoms with Crippen LogP contribution in [-0.4, -0.2) is 41.1 Å². The Kier molecular flexibility index (Phi) is 3.67. The maximum absolute atomic E-state index is 4.58. The summed E-state index contributed by atoms with van der Waals surface area (Å²) in [6.45, 7) is 10.3. The summed E-state index contributed by atoms with van der Waals surface area (Å²) in [4.78, 5) is 7.24. The first-order chi connectivity index (χ1) is 9.07. The Morgan fingerprint density at radius 3 is 2.95 bits per heavy atom. The third-order valence-electron chi connectivity index (χ3n) is 4.71. The topological polar surface area (TPSA) is 28.2 Å². The van der Waals surface area contributed by atoms with Crippen LogP contribution >= 0.6 is 11.3 Å². The van der Waals surface area contributed by atoms with Crippen LogP contribution in [0.1, 0.15) is 37.4 Å². The molecular formula is C15H25N3S. The molecule has 1 aromatic heterocycles. The normalized spacial score (nSPS) is 32.7. The van der Waals surface area contributed by atoms with Crippen LogP contribution < -0.4 is 5.32 Å². The molecule has 4 heteroatoms. The van der Waals surface area contributed by atoms with E-state index in [1.54, 1.807) is 11.3 Å². The van der Waals surface area contributed by atoms with Gasteiger partial charge in [-0.05, 0) is 39.5 Å². The lowest BCUT2D eigenvalue weighted by molar-refractivity contribution is 0.0844. The summed E-state index contributed by atoms with van der Waals surface area (Å²) in [5.41, 5.74) is 1.52. The van der Waals surface area contributed by atoms with Gasteiger partial charge in [0, 0.05) is 48.7 Å². The highest BCUT2D eigenvalue weighted by Gasteiger charge is 2.45. The highest BCUT2D eigenvalue weighted by molar-refractivity contribution is 7.09. The van der Waals surface area contributed by atoms with E-state index < -0.39 is 0 Å². The van der Waals surface area contributed by atoms with Gasteiger partial charge in [0.05, 0.1) is 5.01 Å². The Labute approximate surface area is 120 Å². The molecule has 1 saturated carbocycles. The minimum Gasteiger partial charge on any atom is -0.308 e. The number of aromatic nitrogens is 1. The molecule has 2 heterocycles. The van der Waals surface area contributed by atoms with Crippen molar-refractivity contribution in [2.75, 3.05) is 19.6 Å². The average Bonchev–Trinajstić information content (AvgIpc) is 3.16. The van der Waals surface area contributed by atoms with Crippen LogP contribution in [0.4, 0.5) is 0 Å². The van der Waals surface area contributed by atoms with Gasteiger partial charge < -0.3 is 5.32 Å². The zero-order valence-electron chi connectivity index (χ0n) is 12.3. The van der Waals surface area contributed by atoms with Gasteiger partial charge in [-0.3, -0.25) is 4.90 Å². The fraction of sp³-hybridized carbons (Fsp3) is 0.800. The van der Waals surface area contributed by atoms with Crippen molar-refractivity contribution < 1.29 is 0 Å². The molecule has 3 rings (SSSR count). The second kappa shape index (κ2) is 5.15. The second-order valence-electron chi connectivity index (χ2n) is 6.52. The molecule has 19 heavy (non-hydrogen) atoms. The van der Waals surface area contributed by atoms with Crippen LogP contribution in [-0.2, 0) is 6.42 Å².